The Kier molecular flexibility index (Phi) is 4.39. The van der Waals surface area contributed by atoms with Crippen LogP contribution >= 0.6 is 0 Å². The highest BCUT2D eigenvalue weighted by atomic mass is 16.6. The van der Waals surface area contributed by atoms with Crippen molar-refractivity contribution in [2.75, 3.05) is 13.2 Å². The molecular weight excluding hydrogens is 198 g/mol. The lowest BCUT2D eigenvalue weighted by Crippen LogP contribution is -2.43. The molecule has 0 bridgehead atoms. The molecule has 1 saturated heterocycles. The van der Waals surface area contributed by atoms with Gasteiger partial charge >= 0.3 is 12.1 Å². The minimum absolute atomic E-state index is 0.0668. The second-order valence-corrected chi connectivity index (χ2v) is 3.80. The SMILES string of the molecule is CC(CCCC(=O)O)N1CCCOC1=O. The first-order valence-electron chi connectivity index (χ1n) is 5.26. The Labute approximate surface area is 89.0 Å². The molecule has 1 fully saturated rings. The quantitative estimate of drug-likeness (QED) is 0.754. The monoisotopic (exact) mass is 215 g/mol. The third-order valence-electron chi connectivity index (χ3n) is 2.55. The van der Waals surface area contributed by atoms with Crippen molar-refractivity contribution in [1.82, 2.24) is 4.90 Å². The summed E-state index contributed by atoms with van der Waals surface area (Å²) in [5.41, 5.74) is 0. The van der Waals surface area contributed by atoms with Gasteiger partial charge in [-0.2, -0.15) is 0 Å². The van der Waals surface area contributed by atoms with Gasteiger partial charge in [0.25, 0.3) is 0 Å². The average Bonchev–Trinajstić information content (AvgIpc) is 2.17. The molecule has 5 heteroatoms. The van der Waals surface area contributed by atoms with Crippen molar-refractivity contribution in [1.29, 1.82) is 0 Å². The van der Waals surface area contributed by atoms with Crippen molar-refractivity contribution in [2.45, 2.75) is 38.6 Å². The average molecular weight is 215 g/mol. The van der Waals surface area contributed by atoms with E-state index in [9.17, 15) is 9.59 Å². The van der Waals surface area contributed by atoms with E-state index in [1.807, 2.05) is 6.92 Å². The normalized spacial score (nSPS) is 18.5. The molecule has 0 aromatic carbocycles. The molecule has 1 aliphatic rings. The third kappa shape index (κ3) is 3.77. The smallest absolute Gasteiger partial charge is 0.409 e. The highest BCUT2D eigenvalue weighted by Gasteiger charge is 2.24. The third-order valence-corrected chi connectivity index (χ3v) is 2.55. The van der Waals surface area contributed by atoms with Gasteiger partial charge in [0.2, 0.25) is 0 Å². The van der Waals surface area contributed by atoms with Crippen LogP contribution < -0.4 is 0 Å². The summed E-state index contributed by atoms with van der Waals surface area (Å²) in [6.07, 6.45) is 2.05. The van der Waals surface area contributed by atoms with Crippen LogP contribution in [-0.4, -0.2) is 41.3 Å². The van der Waals surface area contributed by atoms with Crippen molar-refractivity contribution >= 4 is 12.1 Å². The summed E-state index contributed by atoms with van der Waals surface area (Å²) in [5.74, 6) is -0.788. The maximum Gasteiger partial charge on any atom is 0.409 e. The summed E-state index contributed by atoms with van der Waals surface area (Å²) in [5, 5.41) is 8.48. The molecule has 0 saturated carbocycles. The molecule has 5 nitrogen and oxygen atoms in total. The number of carboxylic acids is 1. The summed E-state index contributed by atoms with van der Waals surface area (Å²) in [6.45, 7) is 3.14. The van der Waals surface area contributed by atoms with Crippen LogP contribution in [0, 0.1) is 0 Å². The summed E-state index contributed by atoms with van der Waals surface area (Å²) < 4.78 is 4.91. The Morgan fingerprint density at radius 1 is 1.67 bits per heavy atom. The molecule has 1 atom stereocenters. The molecular formula is C10H17NO4. The highest BCUT2D eigenvalue weighted by molar-refractivity contribution is 5.68. The second kappa shape index (κ2) is 5.58. The Morgan fingerprint density at radius 3 is 3.00 bits per heavy atom. The van der Waals surface area contributed by atoms with Gasteiger partial charge < -0.3 is 14.7 Å². The van der Waals surface area contributed by atoms with Gasteiger partial charge in [0.15, 0.2) is 0 Å². The number of hydrogen-bond acceptors (Lipinski definition) is 3. The number of carbonyl (C=O) groups excluding carboxylic acids is 1. The maximum atomic E-state index is 11.3. The molecule has 1 aliphatic heterocycles. The molecule has 1 heterocycles. The fraction of sp³-hybridized carbons (Fsp3) is 0.800. The van der Waals surface area contributed by atoms with Crippen LogP contribution in [0.3, 0.4) is 0 Å². The van der Waals surface area contributed by atoms with E-state index in [0.29, 0.717) is 26.0 Å². The molecule has 0 aliphatic carbocycles. The zero-order valence-corrected chi connectivity index (χ0v) is 8.94. The van der Waals surface area contributed by atoms with E-state index in [-0.39, 0.29) is 18.6 Å². The molecule has 15 heavy (non-hydrogen) atoms. The van der Waals surface area contributed by atoms with Crippen LogP contribution in [0.1, 0.15) is 32.6 Å². The molecule has 86 valence electrons. The first kappa shape index (κ1) is 11.8. The van der Waals surface area contributed by atoms with Crippen molar-refractivity contribution in [3.63, 3.8) is 0 Å². The first-order valence-corrected chi connectivity index (χ1v) is 5.26. The van der Waals surface area contributed by atoms with Crippen LogP contribution in [0.25, 0.3) is 0 Å². The van der Waals surface area contributed by atoms with Crippen molar-refractivity contribution in [3.8, 4) is 0 Å². The Morgan fingerprint density at radius 2 is 2.40 bits per heavy atom. The number of ether oxygens (including phenoxy) is 1. The minimum Gasteiger partial charge on any atom is -0.481 e. The fourth-order valence-electron chi connectivity index (χ4n) is 1.67. The van der Waals surface area contributed by atoms with E-state index < -0.39 is 5.97 Å². The number of cyclic esters (lactones) is 1. The van der Waals surface area contributed by atoms with Crippen LogP contribution in [0.4, 0.5) is 4.79 Å². The Hall–Kier alpha value is -1.26. The molecule has 1 amide bonds. The number of rotatable bonds is 5. The largest absolute Gasteiger partial charge is 0.481 e. The number of carbonyl (C=O) groups is 2. The van der Waals surface area contributed by atoms with E-state index in [4.69, 9.17) is 9.84 Å². The van der Waals surface area contributed by atoms with E-state index in [1.54, 1.807) is 4.90 Å². The molecule has 0 radical (unpaired) electrons. The van der Waals surface area contributed by atoms with Gasteiger partial charge in [-0.25, -0.2) is 4.79 Å². The molecule has 0 aromatic rings. The summed E-state index contributed by atoms with van der Waals surface area (Å²) in [7, 11) is 0. The van der Waals surface area contributed by atoms with E-state index in [0.717, 1.165) is 6.42 Å². The standard InChI is InChI=1S/C10H17NO4/c1-8(4-2-5-9(12)13)11-6-3-7-15-10(11)14/h8H,2-7H2,1H3,(H,12,13). The minimum atomic E-state index is -0.788. The van der Waals surface area contributed by atoms with E-state index in [1.165, 1.54) is 0 Å². The molecule has 1 unspecified atom stereocenters. The lowest BCUT2D eigenvalue weighted by molar-refractivity contribution is -0.137. The number of amides is 1. The molecule has 1 N–H and O–H groups in total. The molecule has 1 rings (SSSR count). The summed E-state index contributed by atoms with van der Waals surface area (Å²) >= 11 is 0. The van der Waals surface area contributed by atoms with Crippen molar-refractivity contribution < 1.29 is 19.4 Å². The van der Waals surface area contributed by atoms with Crippen LogP contribution in [0.5, 0.6) is 0 Å². The lowest BCUT2D eigenvalue weighted by atomic mass is 10.1. The van der Waals surface area contributed by atoms with Gasteiger partial charge in [0.05, 0.1) is 6.61 Å². The van der Waals surface area contributed by atoms with E-state index in [2.05, 4.69) is 0 Å². The number of nitrogens with zero attached hydrogens (tertiary/aromatic N) is 1. The van der Waals surface area contributed by atoms with Crippen molar-refractivity contribution in [3.05, 3.63) is 0 Å². The van der Waals surface area contributed by atoms with Crippen molar-refractivity contribution in [2.24, 2.45) is 0 Å². The summed E-state index contributed by atoms with van der Waals surface area (Å²) in [6, 6.07) is 0.0668. The van der Waals surface area contributed by atoms with Crippen LogP contribution in [0.15, 0.2) is 0 Å². The zero-order valence-electron chi connectivity index (χ0n) is 8.94. The van der Waals surface area contributed by atoms with Gasteiger partial charge in [0.1, 0.15) is 0 Å². The molecule has 0 aromatic heterocycles. The number of carboxylic acid groups (broad SMARTS) is 1. The fourth-order valence-corrected chi connectivity index (χ4v) is 1.67. The first-order chi connectivity index (χ1) is 7.11. The Balaban J connectivity index is 2.28. The number of aliphatic carboxylic acids is 1. The van der Waals surface area contributed by atoms with Gasteiger partial charge in [-0.1, -0.05) is 0 Å². The van der Waals surface area contributed by atoms with Gasteiger partial charge in [-0.3, -0.25) is 4.79 Å². The zero-order chi connectivity index (χ0) is 11.3. The predicted molar refractivity (Wildman–Crippen MR) is 53.6 cm³/mol. The van der Waals surface area contributed by atoms with Crippen LogP contribution in [-0.2, 0) is 9.53 Å². The second-order valence-electron chi connectivity index (χ2n) is 3.80. The van der Waals surface area contributed by atoms with Crippen LogP contribution in [0.2, 0.25) is 0 Å². The predicted octanol–water partition coefficient (Wildman–Crippen LogP) is 1.47. The number of hydrogen-bond donors (Lipinski definition) is 1. The molecule has 0 spiro atoms. The Bertz CT molecular complexity index is 242. The topological polar surface area (TPSA) is 66.8 Å². The van der Waals surface area contributed by atoms with Gasteiger partial charge in [-0.15, -0.1) is 0 Å². The summed E-state index contributed by atoms with van der Waals surface area (Å²) in [4.78, 5) is 23.3. The lowest BCUT2D eigenvalue weighted by Gasteiger charge is -2.31. The maximum absolute atomic E-state index is 11.3. The van der Waals surface area contributed by atoms with Gasteiger partial charge in [0, 0.05) is 19.0 Å². The van der Waals surface area contributed by atoms with E-state index >= 15 is 0 Å². The highest BCUT2D eigenvalue weighted by Crippen LogP contribution is 2.13. The van der Waals surface area contributed by atoms with Gasteiger partial charge in [-0.05, 0) is 26.2 Å².